The Labute approximate surface area is 137 Å². The summed E-state index contributed by atoms with van der Waals surface area (Å²) < 4.78 is 6.08. The zero-order valence-corrected chi connectivity index (χ0v) is 14.0. The lowest BCUT2D eigenvalue weighted by atomic mass is 10.1. The molecule has 0 bridgehead atoms. The van der Waals surface area contributed by atoms with Gasteiger partial charge in [-0.3, -0.25) is 0 Å². The van der Waals surface area contributed by atoms with Crippen molar-refractivity contribution in [2.45, 2.75) is 11.8 Å². The largest absolute Gasteiger partial charge is 0.461 e. The van der Waals surface area contributed by atoms with Gasteiger partial charge in [-0.2, -0.15) is 0 Å². The number of nitrogens with two attached hydrogens (primary N) is 1. The number of anilines is 1. The fourth-order valence-electron chi connectivity index (χ4n) is 1.80. The van der Waals surface area contributed by atoms with Gasteiger partial charge in [-0.05, 0) is 36.8 Å². The van der Waals surface area contributed by atoms with Gasteiger partial charge in [-0.15, -0.1) is 11.8 Å². The highest BCUT2D eigenvalue weighted by Crippen LogP contribution is 2.23. The molecule has 3 nitrogen and oxygen atoms in total. The maximum absolute atomic E-state index is 12.1. The van der Waals surface area contributed by atoms with Gasteiger partial charge in [0.2, 0.25) is 0 Å². The molecule has 2 aromatic rings. The molecule has 2 rings (SSSR count). The molecule has 0 radical (unpaired) electrons. The quantitative estimate of drug-likeness (QED) is 0.371. The Balaban J connectivity index is 1.88. The van der Waals surface area contributed by atoms with E-state index in [9.17, 15) is 4.79 Å². The van der Waals surface area contributed by atoms with Crippen LogP contribution in [0.15, 0.2) is 51.8 Å². The molecular weight excluding hydrogens is 350 g/mol. The third-order valence-electron chi connectivity index (χ3n) is 2.96. The lowest BCUT2D eigenvalue weighted by Crippen LogP contribution is -2.10. The topological polar surface area (TPSA) is 52.3 Å². The minimum atomic E-state index is -0.339. The predicted molar refractivity (Wildman–Crippen MR) is 90.7 cm³/mol. The molecule has 0 aliphatic heterocycles. The monoisotopic (exact) mass is 365 g/mol. The summed E-state index contributed by atoms with van der Waals surface area (Å²) in [7, 11) is 0. The summed E-state index contributed by atoms with van der Waals surface area (Å²) in [5, 5.41) is 0. The van der Waals surface area contributed by atoms with Gasteiger partial charge in [0.05, 0.1) is 5.56 Å². The number of halogens is 1. The van der Waals surface area contributed by atoms with E-state index in [1.54, 1.807) is 23.9 Å². The lowest BCUT2D eigenvalue weighted by Gasteiger charge is -2.09. The van der Waals surface area contributed by atoms with Crippen LogP contribution in [-0.4, -0.2) is 18.3 Å². The summed E-state index contributed by atoms with van der Waals surface area (Å²) >= 11 is 4.99. The van der Waals surface area contributed by atoms with E-state index >= 15 is 0 Å². The van der Waals surface area contributed by atoms with Gasteiger partial charge in [0, 0.05) is 20.8 Å². The molecule has 110 valence electrons. The number of benzene rings is 2. The van der Waals surface area contributed by atoms with Crippen LogP contribution in [0.1, 0.15) is 15.9 Å². The van der Waals surface area contributed by atoms with Crippen LogP contribution in [0.4, 0.5) is 5.69 Å². The van der Waals surface area contributed by atoms with Crippen molar-refractivity contribution in [2.75, 3.05) is 18.1 Å². The summed E-state index contributed by atoms with van der Waals surface area (Å²) in [6.45, 7) is 2.18. The van der Waals surface area contributed by atoms with Crippen molar-refractivity contribution < 1.29 is 9.53 Å². The molecule has 0 spiro atoms. The number of carbonyl (C=O) groups excluding carboxylic acids is 1. The SMILES string of the molecule is Cc1c(N)cc(Br)cc1C(=O)OCCSc1ccccc1. The van der Waals surface area contributed by atoms with E-state index in [0.717, 1.165) is 20.7 Å². The summed E-state index contributed by atoms with van der Waals surface area (Å²) in [6, 6.07) is 13.5. The van der Waals surface area contributed by atoms with E-state index in [2.05, 4.69) is 15.9 Å². The van der Waals surface area contributed by atoms with Gasteiger partial charge >= 0.3 is 5.97 Å². The van der Waals surface area contributed by atoms with Crippen molar-refractivity contribution in [3.05, 3.63) is 58.1 Å². The lowest BCUT2D eigenvalue weighted by molar-refractivity contribution is 0.0529. The van der Waals surface area contributed by atoms with Crippen molar-refractivity contribution in [3.8, 4) is 0 Å². The summed E-state index contributed by atoms with van der Waals surface area (Å²) in [5.41, 5.74) is 7.68. The molecule has 0 unspecified atom stereocenters. The Morgan fingerprint density at radius 2 is 2.00 bits per heavy atom. The Bertz CT molecular complexity index is 632. The maximum Gasteiger partial charge on any atom is 0.338 e. The first-order valence-corrected chi connectivity index (χ1v) is 8.26. The molecule has 2 N–H and O–H groups in total. The summed E-state index contributed by atoms with van der Waals surface area (Å²) in [6.07, 6.45) is 0. The maximum atomic E-state index is 12.1. The molecule has 0 amide bonds. The number of thioether (sulfide) groups is 1. The Morgan fingerprint density at radius 1 is 1.29 bits per heavy atom. The molecule has 0 atom stereocenters. The zero-order valence-electron chi connectivity index (χ0n) is 11.6. The minimum absolute atomic E-state index is 0.339. The average molecular weight is 366 g/mol. The highest BCUT2D eigenvalue weighted by atomic mass is 79.9. The predicted octanol–water partition coefficient (Wildman–Crippen LogP) is 4.29. The number of ether oxygens (including phenoxy) is 1. The number of carbonyl (C=O) groups is 1. The van der Waals surface area contributed by atoms with Gasteiger partial charge in [0.15, 0.2) is 0 Å². The first-order valence-electron chi connectivity index (χ1n) is 6.48. The third kappa shape index (κ3) is 4.51. The molecule has 0 aliphatic rings. The first kappa shape index (κ1) is 15.9. The second-order valence-corrected chi connectivity index (χ2v) is 6.55. The molecule has 0 fully saturated rings. The number of hydrogen-bond donors (Lipinski definition) is 1. The number of nitrogen functional groups attached to an aromatic ring is 1. The Kier molecular flexibility index (Phi) is 5.70. The number of hydrogen-bond acceptors (Lipinski definition) is 4. The van der Waals surface area contributed by atoms with Gasteiger partial charge in [0.1, 0.15) is 6.61 Å². The van der Waals surface area contributed by atoms with Crippen LogP contribution in [0, 0.1) is 6.92 Å². The van der Waals surface area contributed by atoms with Crippen LogP contribution < -0.4 is 5.73 Å². The van der Waals surface area contributed by atoms with Crippen LogP contribution in [-0.2, 0) is 4.74 Å². The van der Waals surface area contributed by atoms with E-state index in [1.807, 2.05) is 37.3 Å². The van der Waals surface area contributed by atoms with Gasteiger partial charge < -0.3 is 10.5 Å². The van der Waals surface area contributed by atoms with Crippen molar-refractivity contribution in [3.63, 3.8) is 0 Å². The molecule has 0 saturated heterocycles. The molecule has 0 aromatic heterocycles. The van der Waals surface area contributed by atoms with Gasteiger partial charge in [-0.1, -0.05) is 34.1 Å². The molecule has 0 saturated carbocycles. The van der Waals surface area contributed by atoms with E-state index in [0.29, 0.717) is 17.9 Å². The fraction of sp³-hybridized carbons (Fsp3) is 0.188. The standard InChI is InChI=1S/C16H16BrNO2S/c1-11-14(9-12(17)10-15(11)18)16(19)20-7-8-21-13-5-3-2-4-6-13/h2-6,9-10H,7-8,18H2,1H3. The van der Waals surface area contributed by atoms with Crippen LogP contribution in [0.2, 0.25) is 0 Å². The van der Waals surface area contributed by atoms with Crippen molar-refractivity contribution in [1.29, 1.82) is 0 Å². The second kappa shape index (κ2) is 7.52. The zero-order chi connectivity index (χ0) is 15.2. The highest BCUT2D eigenvalue weighted by Gasteiger charge is 2.13. The molecule has 2 aromatic carbocycles. The summed E-state index contributed by atoms with van der Waals surface area (Å²) in [5.74, 6) is 0.382. The summed E-state index contributed by atoms with van der Waals surface area (Å²) in [4.78, 5) is 13.2. The van der Waals surface area contributed by atoms with E-state index in [-0.39, 0.29) is 5.97 Å². The smallest absolute Gasteiger partial charge is 0.338 e. The van der Waals surface area contributed by atoms with Gasteiger partial charge in [-0.25, -0.2) is 4.79 Å². The molecule has 21 heavy (non-hydrogen) atoms. The van der Waals surface area contributed by atoms with E-state index < -0.39 is 0 Å². The number of esters is 1. The van der Waals surface area contributed by atoms with Crippen molar-refractivity contribution in [1.82, 2.24) is 0 Å². The minimum Gasteiger partial charge on any atom is -0.461 e. The molecule has 0 heterocycles. The van der Waals surface area contributed by atoms with Gasteiger partial charge in [0.25, 0.3) is 0 Å². The van der Waals surface area contributed by atoms with Crippen LogP contribution in [0.5, 0.6) is 0 Å². The molecule has 5 heteroatoms. The number of rotatable bonds is 5. The fourth-order valence-corrected chi connectivity index (χ4v) is 3.03. The van der Waals surface area contributed by atoms with Crippen molar-refractivity contribution in [2.24, 2.45) is 0 Å². The molecule has 0 aliphatic carbocycles. The van der Waals surface area contributed by atoms with Crippen molar-refractivity contribution >= 4 is 39.3 Å². The first-order chi connectivity index (χ1) is 10.1. The van der Waals surface area contributed by atoms with Crippen LogP contribution in [0.3, 0.4) is 0 Å². The second-order valence-electron chi connectivity index (χ2n) is 4.47. The Hall–Kier alpha value is -1.46. The normalized spacial score (nSPS) is 10.4. The van der Waals surface area contributed by atoms with E-state index in [1.165, 1.54) is 0 Å². The average Bonchev–Trinajstić information content (AvgIpc) is 2.48. The van der Waals surface area contributed by atoms with E-state index in [4.69, 9.17) is 10.5 Å². The van der Waals surface area contributed by atoms with Crippen LogP contribution in [0.25, 0.3) is 0 Å². The Morgan fingerprint density at radius 3 is 2.71 bits per heavy atom. The highest BCUT2D eigenvalue weighted by molar-refractivity contribution is 9.10. The third-order valence-corrected chi connectivity index (χ3v) is 4.40. The van der Waals surface area contributed by atoms with Crippen LogP contribution >= 0.6 is 27.7 Å². The molecular formula is C16H16BrNO2S.